The molecule has 1 saturated heterocycles. The van der Waals surface area contributed by atoms with E-state index < -0.39 is 40.9 Å². The van der Waals surface area contributed by atoms with E-state index in [0.29, 0.717) is 15.8 Å². The van der Waals surface area contributed by atoms with E-state index in [-0.39, 0.29) is 62.6 Å². The number of rotatable bonds is 11. The maximum atomic E-state index is 13.8. The maximum absolute atomic E-state index is 13.8. The Balaban J connectivity index is 0.000000207. The van der Waals surface area contributed by atoms with E-state index >= 15 is 0 Å². The second-order valence-corrected chi connectivity index (χ2v) is 12.6. The van der Waals surface area contributed by atoms with E-state index in [2.05, 4.69) is 30.1 Å². The Hall–Kier alpha value is -5.71. The number of aliphatic hydroxyl groups is 2. The number of carbonyl (C=O) groups excluding carboxylic acids is 1. The van der Waals surface area contributed by atoms with Gasteiger partial charge in [-0.3, -0.25) is 4.79 Å². The third-order valence-corrected chi connectivity index (χ3v) is 8.03. The standard InChI is InChI=1S/C18H14ClF3N4O3.C16H10ClF3N4O2.C2H6O2/c19-12-1-3-13(4-2-12)29-15-6-5-14(16(25-15)18(20,21)22)17(27-7-8-28-17)9-26-11-23-10-24-26;17-10-1-3-11(4-2-10)26-14-6-5-12(15(23-14)16(18,19)20)13(25)7-24-9-21-8-22-24;3-1-2-4/h1-6,10-11H,7-9H2;1-6,8-9H,7H2;3-4H,1-2H2. The Bertz CT molecular complexity index is 2240. The summed E-state index contributed by atoms with van der Waals surface area (Å²) in [6.45, 7) is -0.485. The van der Waals surface area contributed by atoms with Gasteiger partial charge in [0.05, 0.1) is 32.0 Å². The van der Waals surface area contributed by atoms with Crippen LogP contribution in [-0.2, 0) is 40.7 Å². The number of ether oxygens (including phenoxy) is 4. The Labute approximate surface area is 339 Å². The van der Waals surface area contributed by atoms with Crippen molar-refractivity contribution in [3.8, 4) is 23.3 Å². The zero-order valence-corrected chi connectivity index (χ0v) is 31.5. The maximum Gasteiger partial charge on any atom is 0.434 e. The van der Waals surface area contributed by atoms with Crippen LogP contribution in [0, 0.1) is 0 Å². The number of hydrogen-bond donors (Lipinski definition) is 2. The number of benzene rings is 2. The van der Waals surface area contributed by atoms with E-state index in [9.17, 15) is 31.1 Å². The molecule has 312 valence electrons. The van der Waals surface area contributed by atoms with Gasteiger partial charge in [-0.2, -0.15) is 36.5 Å². The molecule has 0 unspecified atom stereocenters. The largest absolute Gasteiger partial charge is 0.439 e. The number of alkyl halides is 6. The van der Waals surface area contributed by atoms with E-state index in [1.54, 1.807) is 12.1 Å². The highest BCUT2D eigenvalue weighted by atomic mass is 35.5. The normalized spacial score (nSPS) is 13.5. The van der Waals surface area contributed by atoms with Crippen LogP contribution in [0.2, 0.25) is 10.0 Å². The van der Waals surface area contributed by atoms with Crippen LogP contribution in [0.4, 0.5) is 26.3 Å². The molecule has 2 N–H and O–H groups in total. The second kappa shape index (κ2) is 19.8. The molecule has 0 atom stereocenters. The number of carbonyl (C=O) groups is 1. The Morgan fingerprint density at radius 2 is 1.17 bits per heavy atom. The van der Waals surface area contributed by atoms with Crippen molar-refractivity contribution < 1.29 is 60.3 Å². The quantitative estimate of drug-likeness (QED) is 0.100. The summed E-state index contributed by atoms with van der Waals surface area (Å²) in [4.78, 5) is 26.8. The minimum Gasteiger partial charge on any atom is -0.439 e. The minimum atomic E-state index is -4.83. The van der Waals surface area contributed by atoms with Crippen molar-refractivity contribution in [1.82, 2.24) is 39.5 Å². The van der Waals surface area contributed by atoms with Gasteiger partial charge in [0.2, 0.25) is 17.5 Å². The summed E-state index contributed by atoms with van der Waals surface area (Å²) in [5.74, 6) is -2.45. The predicted molar refractivity (Wildman–Crippen MR) is 194 cm³/mol. The first kappa shape index (κ1) is 44.4. The number of aliphatic hydroxyl groups excluding tert-OH is 2. The molecule has 1 fully saturated rings. The van der Waals surface area contributed by atoms with Gasteiger partial charge in [-0.25, -0.2) is 29.3 Å². The lowest BCUT2D eigenvalue weighted by Gasteiger charge is -2.29. The predicted octanol–water partition coefficient (Wildman–Crippen LogP) is 7.03. The highest BCUT2D eigenvalue weighted by molar-refractivity contribution is 6.30. The third-order valence-electron chi connectivity index (χ3n) is 7.52. The van der Waals surface area contributed by atoms with Gasteiger partial charge in [-0.1, -0.05) is 23.2 Å². The Morgan fingerprint density at radius 3 is 1.63 bits per heavy atom. The summed E-state index contributed by atoms with van der Waals surface area (Å²) in [6, 6.07) is 17.0. The summed E-state index contributed by atoms with van der Waals surface area (Å²) in [6.07, 6.45) is -4.54. The van der Waals surface area contributed by atoms with E-state index in [0.717, 1.165) is 10.7 Å². The van der Waals surface area contributed by atoms with Crippen molar-refractivity contribution >= 4 is 29.0 Å². The van der Waals surface area contributed by atoms with E-state index in [1.165, 1.54) is 84.6 Å². The lowest BCUT2D eigenvalue weighted by atomic mass is 10.0. The molecule has 1 aliphatic heterocycles. The third kappa shape index (κ3) is 12.4. The summed E-state index contributed by atoms with van der Waals surface area (Å²) >= 11 is 11.6. The molecule has 59 heavy (non-hydrogen) atoms. The lowest BCUT2D eigenvalue weighted by Crippen LogP contribution is -2.36. The van der Waals surface area contributed by atoms with Crippen LogP contribution in [-0.4, -0.2) is 81.9 Å². The molecule has 23 heteroatoms. The fourth-order valence-corrected chi connectivity index (χ4v) is 5.32. The number of nitrogens with zero attached hydrogens (tertiary/aromatic N) is 8. The molecule has 0 spiro atoms. The van der Waals surface area contributed by atoms with Crippen molar-refractivity contribution in [3.05, 3.63) is 131 Å². The molecule has 1 aliphatic rings. The van der Waals surface area contributed by atoms with Gasteiger partial charge in [0, 0.05) is 27.7 Å². The van der Waals surface area contributed by atoms with Crippen LogP contribution in [0.3, 0.4) is 0 Å². The average molecular weight is 872 g/mol. The molecule has 0 amide bonds. The molecule has 15 nitrogen and oxygen atoms in total. The van der Waals surface area contributed by atoms with Gasteiger partial charge in [-0.15, -0.1) is 0 Å². The summed E-state index contributed by atoms with van der Waals surface area (Å²) in [7, 11) is 0. The van der Waals surface area contributed by atoms with Crippen molar-refractivity contribution in [2.45, 2.75) is 31.2 Å². The van der Waals surface area contributed by atoms with E-state index in [1.807, 2.05) is 0 Å². The van der Waals surface area contributed by atoms with Crippen LogP contribution in [0.1, 0.15) is 27.3 Å². The van der Waals surface area contributed by atoms with Crippen LogP contribution in [0.15, 0.2) is 98.1 Å². The first-order chi connectivity index (χ1) is 28.1. The SMILES string of the molecule is FC(F)(F)c1nc(Oc2ccc(Cl)cc2)ccc1C1(Cn2cncn2)OCCO1.O=C(Cn1cncn1)c1ccc(Oc2ccc(Cl)cc2)nc1C(F)(F)F.OCCO. The Morgan fingerprint density at radius 1 is 0.695 bits per heavy atom. The molecule has 0 bridgehead atoms. The van der Waals surface area contributed by atoms with Crippen molar-refractivity contribution in [3.63, 3.8) is 0 Å². The van der Waals surface area contributed by atoms with Crippen LogP contribution < -0.4 is 9.47 Å². The van der Waals surface area contributed by atoms with Crippen molar-refractivity contribution in [2.75, 3.05) is 26.4 Å². The molecule has 0 radical (unpaired) electrons. The molecule has 0 aliphatic carbocycles. The number of halogens is 8. The zero-order chi connectivity index (χ0) is 42.6. The van der Waals surface area contributed by atoms with Gasteiger partial charge in [0.1, 0.15) is 49.9 Å². The molecule has 5 heterocycles. The van der Waals surface area contributed by atoms with Gasteiger partial charge in [-0.05, 0) is 60.7 Å². The molecule has 2 aromatic carbocycles. The second-order valence-electron chi connectivity index (χ2n) is 11.7. The molecule has 7 rings (SSSR count). The van der Waals surface area contributed by atoms with Gasteiger partial charge in [0.25, 0.3) is 0 Å². The van der Waals surface area contributed by atoms with E-state index in [4.69, 9.17) is 52.4 Å². The monoisotopic (exact) mass is 870 g/mol. The summed E-state index contributed by atoms with van der Waals surface area (Å²) in [5.41, 5.74) is -3.32. The highest BCUT2D eigenvalue weighted by Gasteiger charge is 2.48. The fourth-order valence-electron chi connectivity index (χ4n) is 5.07. The molecule has 0 saturated carbocycles. The smallest absolute Gasteiger partial charge is 0.434 e. The topological polar surface area (TPSA) is 182 Å². The first-order valence-electron chi connectivity index (χ1n) is 16.8. The van der Waals surface area contributed by atoms with Crippen molar-refractivity contribution in [2.24, 2.45) is 0 Å². The number of aromatic nitrogens is 8. The molecule has 6 aromatic rings. The lowest BCUT2D eigenvalue weighted by molar-refractivity contribution is -0.189. The molecule has 4 aromatic heterocycles. The van der Waals surface area contributed by atoms with Gasteiger partial charge < -0.3 is 29.2 Å². The Kier molecular flexibility index (Phi) is 14.9. The van der Waals surface area contributed by atoms with Gasteiger partial charge >= 0.3 is 12.4 Å². The highest BCUT2D eigenvalue weighted by Crippen LogP contribution is 2.42. The van der Waals surface area contributed by atoms with Crippen LogP contribution in [0.25, 0.3) is 0 Å². The molecular weight excluding hydrogens is 841 g/mol. The van der Waals surface area contributed by atoms with Crippen LogP contribution >= 0.6 is 23.2 Å². The summed E-state index contributed by atoms with van der Waals surface area (Å²) in [5, 5.41) is 23.8. The average Bonchev–Trinajstić information content (AvgIpc) is 4.02. The number of Topliss-reactive ketones (excluding diaryl/α,β-unsaturated/α-hetero) is 1. The fraction of sp³-hybridized carbons (Fsp3) is 0.250. The molecular formula is C36H30Cl2F6N8O7. The number of ketones is 1. The summed E-state index contributed by atoms with van der Waals surface area (Å²) < 4.78 is 106. The number of hydrogen-bond acceptors (Lipinski definition) is 13. The van der Waals surface area contributed by atoms with Gasteiger partial charge in [0.15, 0.2) is 17.2 Å². The first-order valence-corrected chi connectivity index (χ1v) is 17.6. The zero-order valence-electron chi connectivity index (χ0n) is 30.0. The van der Waals surface area contributed by atoms with Crippen molar-refractivity contribution in [1.29, 1.82) is 0 Å². The van der Waals surface area contributed by atoms with Crippen LogP contribution in [0.5, 0.6) is 23.3 Å². The number of pyridine rings is 2. The minimum absolute atomic E-state index is 0.116.